The average Bonchev–Trinajstić information content (AvgIpc) is 2.32. The van der Waals surface area contributed by atoms with Crippen LogP contribution in [0.4, 0.5) is 5.69 Å². The summed E-state index contributed by atoms with van der Waals surface area (Å²) in [4.78, 5) is 11.3. The van der Waals surface area contributed by atoms with E-state index in [9.17, 15) is 4.79 Å². The third-order valence-corrected chi connectivity index (χ3v) is 2.34. The molecule has 94 valence electrons. The maximum atomic E-state index is 11.3. The molecule has 1 N–H and O–H groups in total. The molecule has 0 aliphatic heterocycles. The smallest absolute Gasteiger partial charge is 0.369 e. The molecule has 1 aromatic rings. The third-order valence-electron chi connectivity index (χ3n) is 1.79. The van der Waals surface area contributed by atoms with E-state index in [1.807, 2.05) is 0 Å². The lowest BCUT2D eigenvalue weighted by atomic mass is 10.3. The van der Waals surface area contributed by atoms with Gasteiger partial charge >= 0.3 is 5.97 Å². The van der Waals surface area contributed by atoms with E-state index in [-0.39, 0.29) is 12.3 Å². The summed E-state index contributed by atoms with van der Waals surface area (Å²) in [5, 5.41) is 13.2. The lowest BCUT2D eigenvalue weighted by molar-refractivity contribution is -0.134. The first-order chi connectivity index (χ1) is 8.58. The maximum absolute atomic E-state index is 11.3. The van der Waals surface area contributed by atoms with Gasteiger partial charge in [-0.05, 0) is 25.1 Å². The molecule has 0 aromatic heterocycles. The molecule has 0 bridgehead atoms. The highest BCUT2D eigenvalue weighted by molar-refractivity contribution is 6.43. The highest BCUT2D eigenvalue weighted by Crippen LogP contribution is 2.25. The van der Waals surface area contributed by atoms with Gasteiger partial charge in [-0.1, -0.05) is 23.2 Å². The van der Waals surface area contributed by atoms with Crippen molar-refractivity contribution >= 4 is 40.6 Å². The number of hydrogen-bond donors (Lipinski definition) is 1. The summed E-state index contributed by atoms with van der Waals surface area (Å²) < 4.78 is 4.65. The van der Waals surface area contributed by atoms with E-state index in [1.165, 1.54) is 6.07 Å². The van der Waals surface area contributed by atoms with E-state index in [0.717, 1.165) is 0 Å². The van der Waals surface area contributed by atoms with Crippen LogP contribution in [0.25, 0.3) is 0 Å². The van der Waals surface area contributed by atoms with E-state index in [4.69, 9.17) is 28.5 Å². The zero-order valence-corrected chi connectivity index (χ0v) is 10.9. The van der Waals surface area contributed by atoms with Gasteiger partial charge in [0.2, 0.25) is 5.71 Å². The van der Waals surface area contributed by atoms with Gasteiger partial charge in [-0.2, -0.15) is 10.4 Å². The van der Waals surface area contributed by atoms with Crippen molar-refractivity contribution in [3.63, 3.8) is 0 Å². The topological polar surface area (TPSA) is 74.5 Å². The number of nitriles is 1. The Balaban J connectivity index is 2.84. The fourth-order valence-corrected chi connectivity index (χ4v) is 1.46. The van der Waals surface area contributed by atoms with Crippen molar-refractivity contribution in [2.45, 2.75) is 6.92 Å². The Morgan fingerprint density at radius 1 is 1.56 bits per heavy atom. The van der Waals surface area contributed by atoms with Crippen molar-refractivity contribution in [3.8, 4) is 6.07 Å². The highest BCUT2D eigenvalue weighted by atomic mass is 35.5. The molecule has 0 unspecified atom stereocenters. The number of rotatable bonds is 4. The van der Waals surface area contributed by atoms with E-state index in [0.29, 0.717) is 15.7 Å². The van der Waals surface area contributed by atoms with Gasteiger partial charge < -0.3 is 4.74 Å². The fourth-order valence-electron chi connectivity index (χ4n) is 1.01. The lowest BCUT2D eigenvalue weighted by Crippen LogP contribution is -2.17. The summed E-state index contributed by atoms with van der Waals surface area (Å²) in [6.45, 7) is 1.80. The molecule has 7 heteroatoms. The van der Waals surface area contributed by atoms with Crippen LogP contribution in [-0.4, -0.2) is 18.3 Å². The first kappa shape index (κ1) is 14.3. The van der Waals surface area contributed by atoms with Gasteiger partial charge in [-0.25, -0.2) is 4.79 Å². The minimum absolute atomic E-state index is 0.168. The minimum atomic E-state index is -0.794. The van der Waals surface area contributed by atoms with Crippen molar-refractivity contribution in [2.24, 2.45) is 5.10 Å². The zero-order valence-electron chi connectivity index (χ0n) is 9.41. The SMILES string of the molecule is CCOC(=O)/C(C#N)=N\Nc1ccc(Cl)cc1Cl. The molecule has 5 nitrogen and oxygen atoms in total. The molecular formula is C11H9Cl2N3O2. The summed E-state index contributed by atoms with van der Waals surface area (Å²) in [6.07, 6.45) is 0. The maximum Gasteiger partial charge on any atom is 0.369 e. The standard InChI is InChI=1S/C11H9Cl2N3O2/c1-2-18-11(17)10(6-14)16-15-9-4-3-7(12)5-8(9)13/h3-5,15H,2H2,1H3/b16-10-. The highest BCUT2D eigenvalue weighted by Gasteiger charge is 2.12. The van der Waals surface area contributed by atoms with Gasteiger partial charge in [0.15, 0.2) is 0 Å². The Bertz CT molecular complexity index is 524. The first-order valence-corrected chi connectivity index (χ1v) is 5.70. The third kappa shape index (κ3) is 3.91. The van der Waals surface area contributed by atoms with Crippen LogP contribution in [0.1, 0.15) is 6.92 Å². The van der Waals surface area contributed by atoms with Crippen LogP contribution >= 0.6 is 23.2 Å². The van der Waals surface area contributed by atoms with Crippen LogP contribution in [0.15, 0.2) is 23.3 Å². The molecule has 0 spiro atoms. The number of anilines is 1. The summed E-state index contributed by atoms with van der Waals surface area (Å²) in [6, 6.07) is 6.32. The van der Waals surface area contributed by atoms with Gasteiger partial charge in [0.25, 0.3) is 0 Å². The van der Waals surface area contributed by atoms with E-state index >= 15 is 0 Å². The molecule has 0 fully saturated rings. The Morgan fingerprint density at radius 2 is 2.28 bits per heavy atom. The van der Waals surface area contributed by atoms with Crippen LogP contribution in [0.2, 0.25) is 10.0 Å². The second kappa shape index (κ2) is 6.84. The molecule has 0 saturated carbocycles. The minimum Gasteiger partial charge on any atom is -0.461 e. The van der Waals surface area contributed by atoms with Crippen LogP contribution in [0.5, 0.6) is 0 Å². The summed E-state index contributed by atoms with van der Waals surface area (Å²) in [5.41, 5.74) is 2.55. The molecule has 0 aliphatic carbocycles. The van der Waals surface area contributed by atoms with E-state index in [2.05, 4.69) is 15.3 Å². The Labute approximate surface area is 114 Å². The number of esters is 1. The molecular weight excluding hydrogens is 277 g/mol. The largest absolute Gasteiger partial charge is 0.461 e. The number of halogens is 2. The zero-order chi connectivity index (χ0) is 13.5. The summed E-state index contributed by atoms with van der Waals surface area (Å²) in [5.74, 6) is -0.794. The number of ether oxygens (including phenoxy) is 1. The molecule has 0 aliphatic rings. The number of nitrogens with zero attached hydrogens (tertiary/aromatic N) is 2. The van der Waals surface area contributed by atoms with Gasteiger partial charge in [-0.15, -0.1) is 0 Å². The second-order valence-electron chi connectivity index (χ2n) is 3.03. The number of carbonyl (C=O) groups is 1. The first-order valence-electron chi connectivity index (χ1n) is 4.94. The Kier molecular flexibility index (Phi) is 5.43. The molecule has 0 radical (unpaired) electrons. The molecule has 1 rings (SSSR count). The van der Waals surface area contributed by atoms with Gasteiger partial charge in [0.1, 0.15) is 6.07 Å². The van der Waals surface area contributed by atoms with E-state index in [1.54, 1.807) is 25.1 Å². The monoisotopic (exact) mass is 285 g/mol. The van der Waals surface area contributed by atoms with Gasteiger partial charge in [0.05, 0.1) is 17.3 Å². The number of hydrazone groups is 1. The predicted octanol–water partition coefficient (Wildman–Crippen LogP) is 2.85. The Hall–Kier alpha value is -1.77. The number of nitrogens with one attached hydrogen (secondary N) is 1. The lowest BCUT2D eigenvalue weighted by Gasteiger charge is -2.04. The van der Waals surface area contributed by atoms with Crippen molar-refractivity contribution < 1.29 is 9.53 Å². The van der Waals surface area contributed by atoms with Crippen LogP contribution in [0, 0.1) is 11.3 Å². The number of hydrogen-bond acceptors (Lipinski definition) is 5. The van der Waals surface area contributed by atoms with Gasteiger partial charge in [0, 0.05) is 5.02 Å². The number of benzene rings is 1. The van der Waals surface area contributed by atoms with Crippen LogP contribution in [-0.2, 0) is 9.53 Å². The normalized spacial score (nSPS) is 10.7. The molecule has 0 saturated heterocycles. The molecule has 0 heterocycles. The van der Waals surface area contributed by atoms with Crippen molar-refractivity contribution in [2.75, 3.05) is 12.0 Å². The second-order valence-corrected chi connectivity index (χ2v) is 3.87. The fraction of sp³-hybridized carbons (Fsp3) is 0.182. The van der Waals surface area contributed by atoms with Crippen molar-refractivity contribution in [1.82, 2.24) is 0 Å². The van der Waals surface area contributed by atoms with E-state index < -0.39 is 5.97 Å². The van der Waals surface area contributed by atoms with Crippen molar-refractivity contribution in [3.05, 3.63) is 28.2 Å². The average molecular weight is 286 g/mol. The number of carbonyl (C=O) groups excluding carboxylic acids is 1. The molecule has 18 heavy (non-hydrogen) atoms. The van der Waals surface area contributed by atoms with Crippen molar-refractivity contribution in [1.29, 1.82) is 5.26 Å². The molecule has 0 atom stereocenters. The Morgan fingerprint density at radius 3 is 2.83 bits per heavy atom. The van der Waals surface area contributed by atoms with Gasteiger partial charge in [-0.3, -0.25) is 5.43 Å². The summed E-state index contributed by atoms with van der Waals surface area (Å²) >= 11 is 11.6. The quantitative estimate of drug-likeness (QED) is 0.524. The van der Waals surface area contributed by atoms with Crippen LogP contribution in [0.3, 0.4) is 0 Å². The summed E-state index contributed by atoms with van der Waals surface area (Å²) in [7, 11) is 0. The molecule has 0 amide bonds. The van der Waals surface area contributed by atoms with Crippen LogP contribution < -0.4 is 5.43 Å². The molecule has 1 aromatic carbocycles. The predicted molar refractivity (Wildman–Crippen MR) is 69.8 cm³/mol.